The summed E-state index contributed by atoms with van der Waals surface area (Å²) >= 11 is 0. The standard InChI is InChI=1S/C20H21N3O3/c1-13-6-7-14(2)19(9-13)25-15(3)20(24)22-12-17-10-18(23-26-17)16-5-4-8-21-11-16/h4-11,15H,12H2,1-3H3,(H,22,24)/t15-/m0/s1. The highest BCUT2D eigenvalue weighted by Crippen LogP contribution is 2.21. The number of carbonyl (C=O) groups excluding carboxylic acids is 1. The molecule has 134 valence electrons. The first-order valence-electron chi connectivity index (χ1n) is 8.40. The molecule has 0 bridgehead atoms. The number of amides is 1. The maximum Gasteiger partial charge on any atom is 0.261 e. The minimum absolute atomic E-state index is 0.217. The largest absolute Gasteiger partial charge is 0.481 e. The number of nitrogens with one attached hydrogen (secondary N) is 1. The highest BCUT2D eigenvalue weighted by atomic mass is 16.5. The van der Waals surface area contributed by atoms with Crippen LogP contribution in [0.15, 0.2) is 53.3 Å². The van der Waals surface area contributed by atoms with Gasteiger partial charge < -0.3 is 14.6 Å². The summed E-state index contributed by atoms with van der Waals surface area (Å²) in [5, 5.41) is 6.81. The molecule has 1 N–H and O–H groups in total. The Balaban J connectivity index is 1.57. The van der Waals surface area contributed by atoms with Gasteiger partial charge in [-0.1, -0.05) is 17.3 Å². The maximum absolute atomic E-state index is 12.3. The van der Waals surface area contributed by atoms with Crippen LogP contribution < -0.4 is 10.1 Å². The summed E-state index contributed by atoms with van der Waals surface area (Å²) < 4.78 is 11.1. The predicted molar refractivity (Wildman–Crippen MR) is 97.6 cm³/mol. The van der Waals surface area contributed by atoms with Gasteiger partial charge in [-0.25, -0.2) is 0 Å². The molecular formula is C20H21N3O3. The molecule has 1 atom stereocenters. The van der Waals surface area contributed by atoms with Gasteiger partial charge in [0.15, 0.2) is 11.9 Å². The number of carbonyl (C=O) groups is 1. The van der Waals surface area contributed by atoms with E-state index in [-0.39, 0.29) is 12.5 Å². The lowest BCUT2D eigenvalue weighted by molar-refractivity contribution is -0.127. The van der Waals surface area contributed by atoms with Gasteiger partial charge in [0.1, 0.15) is 11.4 Å². The molecule has 0 saturated heterocycles. The zero-order valence-electron chi connectivity index (χ0n) is 15.0. The Kier molecular flexibility index (Phi) is 5.31. The Hall–Kier alpha value is -3.15. The zero-order valence-corrected chi connectivity index (χ0v) is 15.0. The van der Waals surface area contributed by atoms with Crippen molar-refractivity contribution in [2.24, 2.45) is 0 Å². The van der Waals surface area contributed by atoms with Crippen LogP contribution in [-0.4, -0.2) is 22.2 Å². The van der Waals surface area contributed by atoms with Crippen LogP contribution in [0.1, 0.15) is 23.8 Å². The van der Waals surface area contributed by atoms with Crippen molar-refractivity contribution < 1.29 is 14.1 Å². The van der Waals surface area contributed by atoms with E-state index in [0.29, 0.717) is 17.2 Å². The van der Waals surface area contributed by atoms with Gasteiger partial charge in [-0.3, -0.25) is 9.78 Å². The zero-order chi connectivity index (χ0) is 18.5. The van der Waals surface area contributed by atoms with Crippen molar-refractivity contribution in [3.63, 3.8) is 0 Å². The van der Waals surface area contributed by atoms with Gasteiger partial charge in [-0.05, 0) is 50.1 Å². The Bertz CT molecular complexity index is 890. The summed E-state index contributed by atoms with van der Waals surface area (Å²) in [6, 6.07) is 11.4. The van der Waals surface area contributed by atoms with Crippen LogP contribution in [0.3, 0.4) is 0 Å². The molecule has 26 heavy (non-hydrogen) atoms. The Morgan fingerprint density at radius 1 is 1.27 bits per heavy atom. The van der Waals surface area contributed by atoms with Gasteiger partial charge in [0.2, 0.25) is 0 Å². The third-order valence-electron chi connectivity index (χ3n) is 3.97. The van der Waals surface area contributed by atoms with E-state index >= 15 is 0 Å². The quantitative estimate of drug-likeness (QED) is 0.736. The summed E-state index contributed by atoms with van der Waals surface area (Å²) in [6.45, 7) is 5.90. The number of aromatic nitrogens is 2. The molecule has 2 heterocycles. The van der Waals surface area contributed by atoms with Gasteiger partial charge in [0.25, 0.3) is 5.91 Å². The molecule has 0 spiro atoms. The molecule has 1 aromatic carbocycles. The second kappa shape index (κ2) is 7.82. The molecule has 3 rings (SSSR count). The fourth-order valence-electron chi connectivity index (χ4n) is 2.44. The number of aryl methyl sites for hydroxylation is 2. The summed E-state index contributed by atoms with van der Waals surface area (Å²) in [5.41, 5.74) is 3.62. The molecule has 6 nitrogen and oxygen atoms in total. The van der Waals surface area contributed by atoms with Crippen LogP contribution in [0.2, 0.25) is 0 Å². The van der Waals surface area contributed by atoms with E-state index in [1.165, 1.54) is 0 Å². The number of benzene rings is 1. The van der Waals surface area contributed by atoms with E-state index in [9.17, 15) is 4.79 Å². The summed E-state index contributed by atoms with van der Waals surface area (Å²) in [5.74, 6) is 1.06. The Labute approximate surface area is 152 Å². The van der Waals surface area contributed by atoms with Gasteiger partial charge in [0, 0.05) is 24.0 Å². The van der Waals surface area contributed by atoms with E-state index in [1.54, 1.807) is 25.4 Å². The summed E-state index contributed by atoms with van der Waals surface area (Å²) in [4.78, 5) is 16.3. The predicted octanol–water partition coefficient (Wildman–Crippen LogP) is 3.44. The van der Waals surface area contributed by atoms with Crippen LogP contribution in [0, 0.1) is 13.8 Å². The highest BCUT2D eigenvalue weighted by molar-refractivity contribution is 5.80. The van der Waals surface area contributed by atoms with E-state index in [2.05, 4.69) is 15.5 Å². The van der Waals surface area contributed by atoms with Gasteiger partial charge in [-0.2, -0.15) is 0 Å². The van der Waals surface area contributed by atoms with Crippen LogP contribution in [0.25, 0.3) is 11.3 Å². The van der Waals surface area contributed by atoms with Crippen LogP contribution in [0.4, 0.5) is 0 Å². The lowest BCUT2D eigenvalue weighted by Gasteiger charge is -2.16. The van der Waals surface area contributed by atoms with Crippen molar-refractivity contribution in [2.45, 2.75) is 33.4 Å². The number of nitrogens with zero attached hydrogens (tertiary/aromatic N) is 2. The Morgan fingerprint density at radius 2 is 2.12 bits per heavy atom. The minimum atomic E-state index is -0.615. The molecule has 6 heteroatoms. The average Bonchev–Trinajstić information content (AvgIpc) is 3.12. The van der Waals surface area contributed by atoms with Crippen molar-refractivity contribution in [3.8, 4) is 17.0 Å². The summed E-state index contributed by atoms with van der Waals surface area (Å²) in [6.07, 6.45) is 2.79. The molecule has 1 amide bonds. The third-order valence-corrected chi connectivity index (χ3v) is 3.97. The number of rotatable bonds is 6. The van der Waals surface area contributed by atoms with E-state index < -0.39 is 6.10 Å². The number of ether oxygens (including phenoxy) is 1. The molecule has 3 aromatic rings. The van der Waals surface area contributed by atoms with E-state index in [1.807, 2.05) is 44.2 Å². The van der Waals surface area contributed by atoms with Crippen molar-refractivity contribution in [1.29, 1.82) is 0 Å². The topological polar surface area (TPSA) is 77.2 Å². The lowest BCUT2D eigenvalue weighted by Crippen LogP contribution is -2.36. The van der Waals surface area contributed by atoms with Crippen molar-refractivity contribution in [3.05, 3.63) is 65.7 Å². The molecule has 0 aliphatic rings. The second-order valence-electron chi connectivity index (χ2n) is 6.17. The maximum atomic E-state index is 12.3. The van der Waals surface area contributed by atoms with E-state index in [4.69, 9.17) is 9.26 Å². The minimum Gasteiger partial charge on any atom is -0.481 e. The van der Waals surface area contributed by atoms with Crippen LogP contribution in [0.5, 0.6) is 5.75 Å². The molecule has 2 aromatic heterocycles. The van der Waals surface area contributed by atoms with Crippen molar-refractivity contribution in [1.82, 2.24) is 15.5 Å². The first kappa shape index (κ1) is 17.7. The van der Waals surface area contributed by atoms with Gasteiger partial charge in [0.05, 0.1) is 6.54 Å². The van der Waals surface area contributed by atoms with Gasteiger partial charge in [-0.15, -0.1) is 0 Å². The second-order valence-corrected chi connectivity index (χ2v) is 6.17. The van der Waals surface area contributed by atoms with Crippen LogP contribution >= 0.6 is 0 Å². The number of hydrogen-bond acceptors (Lipinski definition) is 5. The molecular weight excluding hydrogens is 330 g/mol. The molecule has 0 radical (unpaired) electrons. The molecule has 0 unspecified atom stereocenters. The SMILES string of the molecule is Cc1ccc(C)c(O[C@@H](C)C(=O)NCc2cc(-c3cccnc3)no2)c1. The van der Waals surface area contributed by atoms with Crippen molar-refractivity contribution in [2.75, 3.05) is 0 Å². The molecule has 0 saturated carbocycles. The molecule has 0 aliphatic carbocycles. The normalized spacial score (nSPS) is 11.8. The average molecular weight is 351 g/mol. The lowest BCUT2D eigenvalue weighted by atomic mass is 10.1. The Morgan fingerprint density at radius 3 is 2.88 bits per heavy atom. The molecule has 0 fully saturated rings. The van der Waals surface area contributed by atoms with E-state index in [0.717, 1.165) is 16.7 Å². The number of pyridine rings is 1. The van der Waals surface area contributed by atoms with Crippen molar-refractivity contribution >= 4 is 5.91 Å². The van der Waals surface area contributed by atoms with Gasteiger partial charge >= 0.3 is 0 Å². The first-order valence-corrected chi connectivity index (χ1v) is 8.40. The fraction of sp³-hybridized carbons (Fsp3) is 0.250. The fourth-order valence-corrected chi connectivity index (χ4v) is 2.44. The molecule has 0 aliphatic heterocycles. The summed E-state index contributed by atoms with van der Waals surface area (Å²) in [7, 11) is 0. The number of hydrogen-bond donors (Lipinski definition) is 1. The highest BCUT2D eigenvalue weighted by Gasteiger charge is 2.16. The monoisotopic (exact) mass is 351 g/mol. The smallest absolute Gasteiger partial charge is 0.261 e. The third kappa shape index (κ3) is 4.27. The first-order chi connectivity index (χ1) is 12.5. The van der Waals surface area contributed by atoms with Crippen LogP contribution in [-0.2, 0) is 11.3 Å².